The van der Waals surface area contributed by atoms with Crippen LogP contribution in [0.4, 0.5) is 34.4 Å². The summed E-state index contributed by atoms with van der Waals surface area (Å²) in [5.74, 6) is 1.90. The summed E-state index contributed by atoms with van der Waals surface area (Å²) in [4.78, 5) is 26.5. The Balaban J connectivity index is 0.000000166. The van der Waals surface area contributed by atoms with Gasteiger partial charge < -0.3 is 30.7 Å². The third kappa shape index (κ3) is 9.19. The van der Waals surface area contributed by atoms with Crippen molar-refractivity contribution in [2.75, 3.05) is 72.8 Å². The number of aromatic nitrogens is 6. The largest absolute Gasteiger partial charge is 0.354 e. The van der Waals surface area contributed by atoms with Gasteiger partial charge in [-0.1, -0.05) is 60.7 Å². The van der Waals surface area contributed by atoms with Gasteiger partial charge in [0, 0.05) is 112 Å². The van der Waals surface area contributed by atoms with Gasteiger partial charge >= 0.3 is 0 Å². The fourth-order valence-electron chi connectivity index (χ4n) is 8.67. The Morgan fingerprint density at radius 3 is 1.45 bits per heavy atom. The van der Waals surface area contributed by atoms with Gasteiger partial charge in [-0.3, -0.25) is 25.0 Å². The van der Waals surface area contributed by atoms with Gasteiger partial charge in [0.1, 0.15) is 11.6 Å². The third-order valence-electron chi connectivity index (χ3n) is 12.2. The second-order valence-electron chi connectivity index (χ2n) is 16.8. The zero-order chi connectivity index (χ0) is 45.7. The van der Waals surface area contributed by atoms with E-state index in [9.17, 15) is 4.79 Å². The van der Waals surface area contributed by atoms with Crippen LogP contribution in [0.15, 0.2) is 122 Å². The summed E-state index contributed by atoms with van der Waals surface area (Å²) < 4.78 is 3.57. The molecule has 2 aliphatic rings. The van der Waals surface area contributed by atoms with Crippen molar-refractivity contribution in [2.24, 2.45) is 14.1 Å². The van der Waals surface area contributed by atoms with Crippen LogP contribution in [0.3, 0.4) is 0 Å². The molecule has 1 amide bonds. The molecule has 334 valence electrons. The summed E-state index contributed by atoms with van der Waals surface area (Å²) in [5, 5.41) is 39.4. The Hall–Kier alpha value is -7.91. The van der Waals surface area contributed by atoms with Crippen LogP contribution >= 0.6 is 0 Å². The van der Waals surface area contributed by atoms with Crippen LogP contribution in [0.5, 0.6) is 0 Å². The first-order valence-electron chi connectivity index (χ1n) is 22.2. The zero-order valence-corrected chi connectivity index (χ0v) is 37.7. The number of amides is 1. The number of para-hydroxylation sites is 2. The van der Waals surface area contributed by atoms with E-state index in [4.69, 9.17) is 10.8 Å². The first kappa shape index (κ1) is 43.3. The monoisotopic (exact) mass is 878 g/mol. The first-order chi connectivity index (χ1) is 32.1. The van der Waals surface area contributed by atoms with Crippen molar-refractivity contribution < 1.29 is 4.79 Å². The van der Waals surface area contributed by atoms with Crippen molar-refractivity contribution in [3.63, 3.8) is 0 Å². The minimum absolute atomic E-state index is 0.447. The van der Waals surface area contributed by atoms with Crippen molar-refractivity contribution in [3.8, 4) is 0 Å². The van der Waals surface area contributed by atoms with Gasteiger partial charge in [-0.05, 0) is 61.4 Å². The smallest absolute Gasteiger partial charge is 0.209 e. The van der Waals surface area contributed by atoms with E-state index >= 15 is 0 Å². The van der Waals surface area contributed by atoms with Crippen LogP contribution in [-0.4, -0.2) is 105 Å². The molecule has 2 fully saturated rings. The van der Waals surface area contributed by atoms with Gasteiger partial charge in [-0.25, -0.2) is 9.97 Å². The average molecular weight is 879 g/mol. The molecular weight excluding hydrogens is 825 g/mol. The van der Waals surface area contributed by atoms with Gasteiger partial charge in [0.05, 0.1) is 57.6 Å². The van der Waals surface area contributed by atoms with Crippen LogP contribution in [0.25, 0.3) is 21.8 Å². The Bertz CT molecular complexity index is 3030. The number of hydrogen-bond acceptors (Lipinski definition) is 12. The predicted octanol–water partition coefficient (Wildman–Crippen LogP) is 7.56. The lowest BCUT2D eigenvalue weighted by atomic mass is 9.96. The number of carbonyl (C=O) groups excluding carboxylic acids is 1. The highest BCUT2D eigenvalue weighted by Crippen LogP contribution is 2.32. The minimum atomic E-state index is 0.447. The molecule has 10 rings (SSSR count). The number of rotatable bonds is 11. The average Bonchev–Trinajstić information content (AvgIpc) is 3.94. The highest BCUT2D eigenvalue weighted by Gasteiger charge is 2.20. The molecule has 0 bridgehead atoms. The molecule has 0 unspecified atom stereocenters. The van der Waals surface area contributed by atoms with E-state index in [1.165, 1.54) is 0 Å². The number of hydrogen-bond donors (Lipinski definition) is 5. The molecule has 0 saturated carbocycles. The molecule has 15 heteroatoms. The number of nitrogens with one attached hydrogen (secondary N) is 5. The second-order valence-corrected chi connectivity index (χ2v) is 16.8. The van der Waals surface area contributed by atoms with E-state index in [0.717, 1.165) is 135 Å². The molecule has 0 atom stereocenters. The summed E-state index contributed by atoms with van der Waals surface area (Å²) in [7, 11) is 3.80. The molecular formula is C51H54N14O. The Kier molecular flexibility index (Phi) is 12.5. The second kappa shape index (κ2) is 19.1. The number of anilines is 6. The number of fused-ring (bicyclic) bond motifs is 2. The summed E-state index contributed by atoms with van der Waals surface area (Å²) in [6.45, 7) is 11.0. The van der Waals surface area contributed by atoms with Gasteiger partial charge in [0.15, 0.2) is 0 Å². The maximum absolute atomic E-state index is 10.9. The molecule has 2 aliphatic heterocycles. The maximum atomic E-state index is 10.9. The van der Waals surface area contributed by atoms with Gasteiger partial charge in [-0.15, -0.1) is 0 Å². The number of carbonyl (C=O) groups is 1. The van der Waals surface area contributed by atoms with Gasteiger partial charge in [-0.2, -0.15) is 10.2 Å². The molecule has 5 N–H and O–H groups in total. The van der Waals surface area contributed by atoms with E-state index in [1.807, 2.05) is 125 Å². The molecule has 4 aromatic heterocycles. The van der Waals surface area contributed by atoms with Crippen molar-refractivity contribution in [2.45, 2.75) is 13.8 Å². The Morgan fingerprint density at radius 2 is 1.02 bits per heavy atom. The highest BCUT2D eigenvalue weighted by molar-refractivity contribution is 6.21. The lowest BCUT2D eigenvalue weighted by Gasteiger charge is -2.33. The first-order valence-corrected chi connectivity index (χ1v) is 22.2. The number of piperazine rings is 2. The number of benzene rings is 4. The van der Waals surface area contributed by atoms with Crippen LogP contribution in [0.2, 0.25) is 0 Å². The van der Waals surface area contributed by atoms with Gasteiger partial charge in [0.2, 0.25) is 6.41 Å². The van der Waals surface area contributed by atoms with E-state index < -0.39 is 0 Å². The lowest BCUT2D eigenvalue weighted by Crippen LogP contribution is -2.45. The van der Waals surface area contributed by atoms with Crippen LogP contribution < -0.4 is 25.8 Å². The number of pyridine rings is 2. The van der Waals surface area contributed by atoms with E-state index in [1.54, 1.807) is 14.3 Å². The molecule has 2 saturated heterocycles. The molecule has 6 heterocycles. The summed E-state index contributed by atoms with van der Waals surface area (Å²) in [6, 6.07) is 32.0. The van der Waals surface area contributed by atoms with E-state index in [-0.39, 0.29) is 0 Å². The summed E-state index contributed by atoms with van der Waals surface area (Å²) in [6.07, 6.45) is 8.53. The minimum Gasteiger partial charge on any atom is -0.354 e. The van der Waals surface area contributed by atoms with Crippen molar-refractivity contribution in [1.82, 2.24) is 39.7 Å². The lowest BCUT2D eigenvalue weighted by molar-refractivity contribution is -0.118. The molecule has 8 aromatic rings. The fraction of sp³-hybridized carbons (Fsp3) is 0.235. The van der Waals surface area contributed by atoms with Gasteiger partial charge in [0.25, 0.3) is 0 Å². The third-order valence-corrected chi connectivity index (χ3v) is 12.2. The van der Waals surface area contributed by atoms with Crippen LogP contribution in [0.1, 0.15) is 33.4 Å². The Labute approximate surface area is 384 Å². The van der Waals surface area contributed by atoms with Crippen LogP contribution in [-0.2, 0) is 18.9 Å². The standard InChI is InChI=1S/C26H27N7O.C25H27N7/c1-18-5-3-7-21(25(27)20-6-4-8-23-22(20)16-31(2)30-23)26(18)29-19-9-10-24(28-15-19)33-13-11-32(17-34)12-14-33;1-17-5-3-7-20(24(26)19-6-4-8-22-21(19)16-31(2)30-22)25(17)29-18-9-10-23(28-15-18)32-13-11-27-12-14-32/h3-10,15-17,27,29H,11-14H2,1-2H3;3-10,15-16,26-27,29H,11-14H2,1-2H3. The molecule has 0 spiro atoms. The summed E-state index contributed by atoms with van der Waals surface area (Å²) >= 11 is 0. The summed E-state index contributed by atoms with van der Waals surface area (Å²) in [5.41, 5.74) is 11.8. The maximum Gasteiger partial charge on any atom is 0.209 e. The molecule has 0 aliphatic carbocycles. The predicted molar refractivity (Wildman–Crippen MR) is 266 cm³/mol. The molecule has 0 radical (unpaired) electrons. The zero-order valence-electron chi connectivity index (χ0n) is 37.7. The van der Waals surface area contributed by atoms with Crippen molar-refractivity contribution in [1.29, 1.82) is 10.8 Å². The van der Waals surface area contributed by atoms with Crippen molar-refractivity contribution in [3.05, 3.63) is 155 Å². The Morgan fingerprint density at radius 1 is 0.576 bits per heavy atom. The normalized spacial score (nSPS) is 13.9. The quantitative estimate of drug-likeness (QED) is 0.0645. The van der Waals surface area contributed by atoms with E-state index in [2.05, 4.69) is 71.0 Å². The SMILES string of the molecule is Cc1cccc(C(=N)c2cccc3nn(C)cc23)c1Nc1ccc(N2CCN(C=O)CC2)nc1.Cc1cccc(C(=N)c2cccc3nn(C)cc23)c1Nc1ccc(N2CCNCC2)nc1. The fourth-order valence-corrected chi connectivity index (χ4v) is 8.67. The van der Waals surface area contributed by atoms with E-state index in [0.29, 0.717) is 24.5 Å². The highest BCUT2D eigenvalue weighted by atomic mass is 16.1. The number of aryl methyl sites for hydroxylation is 4. The number of nitrogens with zero attached hydrogens (tertiary/aromatic N) is 9. The topological polar surface area (TPSA) is 172 Å². The van der Waals surface area contributed by atoms with Crippen LogP contribution in [0, 0.1) is 24.7 Å². The van der Waals surface area contributed by atoms with Crippen molar-refractivity contribution >= 4 is 74.0 Å². The molecule has 66 heavy (non-hydrogen) atoms. The molecule has 4 aromatic carbocycles. The molecule has 15 nitrogen and oxygen atoms in total.